The summed E-state index contributed by atoms with van der Waals surface area (Å²) >= 11 is 0.939. The minimum absolute atomic E-state index is 0.202. The normalized spacial score (nSPS) is 11.6. The number of aliphatic hydroxyl groups excluding tert-OH is 1. The van der Waals surface area contributed by atoms with Gasteiger partial charge in [0.25, 0.3) is 0 Å². The predicted octanol–water partition coefficient (Wildman–Crippen LogP) is 2.97. The molecule has 4 heteroatoms. The zero-order valence-corrected chi connectivity index (χ0v) is 9.84. The molecule has 1 aromatic rings. The largest absolute Gasteiger partial charge is 0.511 e. The second kappa shape index (κ2) is 5.38. The molecule has 0 spiro atoms. The quantitative estimate of drug-likeness (QED) is 0.369. The minimum Gasteiger partial charge on any atom is -0.511 e. The zero-order valence-electron chi connectivity index (χ0n) is 9.02. The molecule has 0 aliphatic rings. The van der Waals surface area contributed by atoms with Gasteiger partial charge in [-0.3, -0.25) is 4.79 Å². The Morgan fingerprint density at radius 3 is 2.69 bits per heavy atom. The molecular weight excluding hydrogens is 222 g/mol. The number of nitrogens with zero attached hydrogens (tertiary/aromatic N) is 1. The Hall–Kier alpha value is -1.73. The lowest BCUT2D eigenvalue weighted by Crippen LogP contribution is -1.98. The van der Waals surface area contributed by atoms with Crippen molar-refractivity contribution in [2.45, 2.75) is 18.7 Å². The molecule has 0 heterocycles. The summed E-state index contributed by atoms with van der Waals surface area (Å²) in [7, 11) is 0. The molecular formula is C12H11NO2S. The van der Waals surface area contributed by atoms with E-state index in [1.807, 2.05) is 25.1 Å². The molecule has 1 rings (SSSR count). The van der Waals surface area contributed by atoms with Crippen molar-refractivity contribution < 1.29 is 9.90 Å². The number of allylic oxidation sites excluding steroid dienone is 1. The number of aliphatic hydroxyl groups is 1. The van der Waals surface area contributed by atoms with Crippen molar-refractivity contribution >= 4 is 16.9 Å². The number of carbonyl (C=O) groups is 1. The van der Waals surface area contributed by atoms with E-state index in [0.717, 1.165) is 22.2 Å². The highest BCUT2D eigenvalue weighted by Crippen LogP contribution is 2.23. The standard InChI is InChI=1S/C12H11NO2S/c1-8-4-3-5-10(6-8)16-12(15)11(7-13)9(2)14/h3-6,14H,1-2H3/b11-9-. The molecule has 0 radical (unpaired) electrons. The molecule has 0 amide bonds. The average Bonchev–Trinajstić information content (AvgIpc) is 2.17. The molecule has 0 aromatic heterocycles. The smallest absolute Gasteiger partial charge is 0.238 e. The van der Waals surface area contributed by atoms with Crippen LogP contribution in [0.1, 0.15) is 12.5 Å². The van der Waals surface area contributed by atoms with E-state index in [9.17, 15) is 4.79 Å². The third-order valence-electron chi connectivity index (χ3n) is 1.88. The van der Waals surface area contributed by atoms with Crippen molar-refractivity contribution in [2.75, 3.05) is 0 Å². The second-order valence-electron chi connectivity index (χ2n) is 3.28. The van der Waals surface area contributed by atoms with Crippen LogP contribution in [0, 0.1) is 18.3 Å². The highest BCUT2D eigenvalue weighted by molar-refractivity contribution is 8.14. The molecule has 82 valence electrons. The van der Waals surface area contributed by atoms with E-state index < -0.39 is 5.12 Å². The van der Waals surface area contributed by atoms with Crippen LogP contribution in [0.2, 0.25) is 0 Å². The van der Waals surface area contributed by atoms with Gasteiger partial charge in [-0.2, -0.15) is 5.26 Å². The van der Waals surface area contributed by atoms with Crippen molar-refractivity contribution in [3.05, 3.63) is 41.2 Å². The Morgan fingerprint density at radius 1 is 1.50 bits per heavy atom. The van der Waals surface area contributed by atoms with Gasteiger partial charge in [0.05, 0.1) is 0 Å². The van der Waals surface area contributed by atoms with Crippen LogP contribution >= 0.6 is 11.8 Å². The summed E-state index contributed by atoms with van der Waals surface area (Å²) < 4.78 is 0. The van der Waals surface area contributed by atoms with Gasteiger partial charge in [0.1, 0.15) is 17.4 Å². The molecule has 16 heavy (non-hydrogen) atoms. The van der Waals surface area contributed by atoms with Gasteiger partial charge in [0.15, 0.2) is 0 Å². The van der Waals surface area contributed by atoms with Gasteiger partial charge in [-0.05, 0) is 37.7 Å². The molecule has 1 N–H and O–H groups in total. The molecule has 3 nitrogen and oxygen atoms in total. The highest BCUT2D eigenvalue weighted by atomic mass is 32.2. The Kier molecular flexibility index (Phi) is 4.15. The number of carbonyl (C=O) groups excluding carboxylic acids is 1. The van der Waals surface area contributed by atoms with E-state index in [1.54, 1.807) is 12.1 Å². The van der Waals surface area contributed by atoms with Crippen LogP contribution < -0.4 is 0 Å². The topological polar surface area (TPSA) is 61.1 Å². The van der Waals surface area contributed by atoms with Crippen LogP contribution in [-0.2, 0) is 4.79 Å². The van der Waals surface area contributed by atoms with Crippen LogP contribution in [0.25, 0.3) is 0 Å². The van der Waals surface area contributed by atoms with Crippen LogP contribution in [-0.4, -0.2) is 10.2 Å². The van der Waals surface area contributed by atoms with E-state index in [4.69, 9.17) is 10.4 Å². The Balaban J connectivity index is 2.88. The van der Waals surface area contributed by atoms with Gasteiger partial charge in [-0.15, -0.1) is 0 Å². The number of aryl methyl sites for hydroxylation is 1. The molecule has 0 aliphatic heterocycles. The number of benzene rings is 1. The Morgan fingerprint density at radius 2 is 2.19 bits per heavy atom. The fourth-order valence-electron chi connectivity index (χ4n) is 1.11. The van der Waals surface area contributed by atoms with Crippen LogP contribution in [0.4, 0.5) is 0 Å². The van der Waals surface area contributed by atoms with Crippen molar-refractivity contribution in [2.24, 2.45) is 0 Å². The molecule has 0 bridgehead atoms. The second-order valence-corrected chi connectivity index (χ2v) is 4.32. The van der Waals surface area contributed by atoms with Gasteiger partial charge in [0.2, 0.25) is 5.12 Å². The number of hydrogen-bond donors (Lipinski definition) is 1. The van der Waals surface area contributed by atoms with Gasteiger partial charge in [-0.1, -0.05) is 17.7 Å². The predicted molar refractivity (Wildman–Crippen MR) is 63.0 cm³/mol. The van der Waals surface area contributed by atoms with E-state index in [0.29, 0.717) is 0 Å². The first-order valence-electron chi connectivity index (χ1n) is 4.63. The lowest BCUT2D eigenvalue weighted by atomic mass is 10.2. The van der Waals surface area contributed by atoms with Crippen molar-refractivity contribution in [1.82, 2.24) is 0 Å². The number of nitriles is 1. The lowest BCUT2D eigenvalue weighted by molar-refractivity contribution is -0.107. The summed E-state index contributed by atoms with van der Waals surface area (Å²) in [5.74, 6) is -0.243. The summed E-state index contributed by atoms with van der Waals surface area (Å²) in [6, 6.07) is 9.10. The maximum absolute atomic E-state index is 11.6. The van der Waals surface area contributed by atoms with Crippen LogP contribution in [0.3, 0.4) is 0 Å². The SMILES string of the molecule is C/C(O)=C(\C#N)C(=O)Sc1cccc(C)c1. The van der Waals surface area contributed by atoms with E-state index in [2.05, 4.69) is 0 Å². The van der Waals surface area contributed by atoms with Crippen LogP contribution in [0.15, 0.2) is 40.5 Å². The van der Waals surface area contributed by atoms with E-state index in [1.165, 1.54) is 6.92 Å². The maximum Gasteiger partial charge on any atom is 0.238 e. The molecule has 0 atom stereocenters. The summed E-state index contributed by atoms with van der Waals surface area (Å²) in [6.07, 6.45) is 0. The molecule has 1 aromatic carbocycles. The third-order valence-corrected chi connectivity index (χ3v) is 2.76. The number of hydrogen-bond acceptors (Lipinski definition) is 4. The number of thioether (sulfide) groups is 1. The van der Waals surface area contributed by atoms with Crippen LogP contribution in [0.5, 0.6) is 0 Å². The molecule has 0 fully saturated rings. The molecule has 0 saturated heterocycles. The first-order chi connectivity index (χ1) is 7.54. The average molecular weight is 233 g/mol. The lowest BCUT2D eigenvalue weighted by Gasteiger charge is -2.01. The van der Waals surface area contributed by atoms with Gasteiger partial charge >= 0.3 is 0 Å². The summed E-state index contributed by atoms with van der Waals surface area (Å²) in [4.78, 5) is 12.4. The first kappa shape index (κ1) is 12.3. The zero-order chi connectivity index (χ0) is 12.1. The highest BCUT2D eigenvalue weighted by Gasteiger charge is 2.14. The van der Waals surface area contributed by atoms with E-state index >= 15 is 0 Å². The van der Waals surface area contributed by atoms with Crippen molar-refractivity contribution in [1.29, 1.82) is 5.26 Å². The fourth-order valence-corrected chi connectivity index (χ4v) is 2.01. The monoisotopic (exact) mass is 233 g/mol. The Labute approximate surface area is 98.4 Å². The van der Waals surface area contributed by atoms with Gasteiger partial charge < -0.3 is 5.11 Å². The maximum atomic E-state index is 11.6. The van der Waals surface area contributed by atoms with Crippen molar-refractivity contribution in [3.8, 4) is 6.07 Å². The number of rotatable bonds is 2. The fraction of sp³-hybridized carbons (Fsp3) is 0.167. The first-order valence-corrected chi connectivity index (χ1v) is 5.45. The summed E-state index contributed by atoms with van der Waals surface area (Å²) in [6.45, 7) is 3.25. The van der Waals surface area contributed by atoms with Gasteiger partial charge in [-0.25, -0.2) is 0 Å². The van der Waals surface area contributed by atoms with Gasteiger partial charge in [0, 0.05) is 4.90 Å². The minimum atomic E-state index is -0.437. The van der Waals surface area contributed by atoms with E-state index in [-0.39, 0.29) is 11.3 Å². The molecule has 0 aliphatic carbocycles. The Bertz CT molecular complexity index is 482. The molecule has 0 saturated carbocycles. The van der Waals surface area contributed by atoms with Crippen molar-refractivity contribution in [3.63, 3.8) is 0 Å². The molecule has 0 unspecified atom stereocenters. The third kappa shape index (κ3) is 3.14. The summed E-state index contributed by atoms with van der Waals surface area (Å²) in [5.41, 5.74) is 0.840. The summed E-state index contributed by atoms with van der Waals surface area (Å²) in [5, 5.41) is 17.4.